The molecule has 1 aromatic heterocycles. The van der Waals surface area contributed by atoms with Gasteiger partial charge in [0.2, 0.25) is 16.7 Å². The van der Waals surface area contributed by atoms with Crippen LogP contribution in [-0.2, 0) is 28.2 Å². The molecule has 0 bridgehead atoms. The van der Waals surface area contributed by atoms with E-state index in [1.807, 2.05) is 0 Å². The Morgan fingerprint density at radius 2 is 1.59 bits per heavy atom. The van der Waals surface area contributed by atoms with Crippen LogP contribution in [0.4, 0.5) is 0 Å². The van der Waals surface area contributed by atoms with Crippen LogP contribution in [0.2, 0.25) is 0 Å². The smallest absolute Gasteiger partial charge is 0.243 e. The van der Waals surface area contributed by atoms with Gasteiger partial charge in [-0.25, -0.2) is 17.6 Å². The second kappa shape index (κ2) is 12.6. The molecule has 1 rings (SSSR count). The minimum Gasteiger partial charge on any atom is -0.726 e. The normalized spacial score (nSPS) is 11.1. The molecule has 1 aromatic rings. The Balaban J connectivity index is 0.000000626. The average molecular weight is 334 g/mol. The summed E-state index contributed by atoms with van der Waals surface area (Å²) in [5.41, 5.74) is 0. The van der Waals surface area contributed by atoms with E-state index in [1.165, 1.54) is 57.9 Å². The summed E-state index contributed by atoms with van der Waals surface area (Å²) in [6.07, 6.45) is 17.6. The first-order valence-electron chi connectivity index (χ1n) is 7.91. The van der Waals surface area contributed by atoms with Crippen molar-refractivity contribution in [1.82, 2.24) is 4.57 Å². The fourth-order valence-electron chi connectivity index (χ4n) is 2.06. The highest BCUT2D eigenvalue weighted by atomic mass is 32.3. The number of rotatable bonds is 10. The molecule has 0 fully saturated rings. The number of imidazole rings is 1. The van der Waals surface area contributed by atoms with Gasteiger partial charge in [-0.05, 0) is 12.8 Å². The largest absolute Gasteiger partial charge is 0.726 e. The molecule has 0 saturated carbocycles. The summed E-state index contributed by atoms with van der Waals surface area (Å²) in [5, 5.41) is 0. The van der Waals surface area contributed by atoms with Crippen LogP contribution in [0.25, 0.3) is 0 Å². The van der Waals surface area contributed by atoms with Gasteiger partial charge in [-0.15, -0.1) is 0 Å². The highest BCUT2D eigenvalue weighted by molar-refractivity contribution is 7.80. The molecule has 0 spiro atoms. The zero-order chi connectivity index (χ0) is 16.8. The van der Waals surface area contributed by atoms with Gasteiger partial charge in [0.05, 0.1) is 20.7 Å². The molecule has 0 aromatic carbocycles. The highest BCUT2D eigenvalue weighted by Gasteiger charge is 1.98. The molecule has 0 unspecified atom stereocenters. The summed E-state index contributed by atoms with van der Waals surface area (Å²) >= 11 is 0. The highest BCUT2D eigenvalue weighted by Crippen LogP contribution is 2.08. The van der Waals surface area contributed by atoms with E-state index in [-0.39, 0.29) is 0 Å². The quantitative estimate of drug-likeness (QED) is 0.285. The van der Waals surface area contributed by atoms with Crippen molar-refractivity contribution in [2.45, 2.75) is 64.8 Å². The van der Waals surface area contributed by atoms with E-state index in [9.17, 15) is 13.0 Å². The number of aryl methyl sites for hydroxylation is 2. The van der Waals surface area contributed by atoms with E-state index >= 15 is 0 Å². The average Bonchev–Trinajstić information content (AvgIpc) is 2.87. The van der Waals surface area contributed by atoms with Crippen molar-refractivity contribution in [1.29, 1.82) is 0 Å². The van der Waals surface area contributed by atoms with Crippen molar-refractivity contribution in [3.8, 4) is 0 Å². The lowest BCUT2D eigenvalue weighted by Gasteiger charge is -2.00. The molecule has 1 heterocycles. The van der Waals surface area contributed by atoms with Gasteiger partial charge in [-0.1, -0.05) is 45.4 Å². The molecule has 0 atom stereocenters. The minimum absolute atomic E-state index is 0.808. The fourth-order valence-corrected chi connectivity index (χ4v) is 2.06. The van der Waals surface area contributed by atoms with Crippen LogP contribution in [0.15, 0.2) is 18.7 Å². The van der Waals surface area contributed by atoms with Crippen LogP contribution < -0.4 is 4.57 Å². The van der Waals surface area contributed by atoms with Gasteiger partial charge in [0.1, 0.15) is 12.4 Å². The molecule has 0 amide bonds. The molecule has 0 aliphatic rings. The summed E-state index contributed by atoms with van der Waals surface area (Å²) < 4.78 is 35.4. The lowest BCUT2D eigenvalue weighted by Crippen LogP contribution is -2.23. The molecular weight excluding hydrogens is 304 g/mol. The molecule has 6 nitrogen and oxygen atoms in total. The standard InChI is InChI=1S/C14H27N2.CH4O4S/c1-3-4-5-6-7-8-9-10-11-16-13-12-15(2)14-16;1-5-6(2,3)4/h12-14H,3-11H2,1-2H3;1H3,(H,2,3,4)/q+1;/p-1. The van der Waals surface area contributed by atoms with Gasteiger partial charge in [0.15, 0.2) is 0 Å². The second-order valence-corrected chi connectivity index (χ2v) is 6.52. The maximum atomic E-state index is 9.22. The van der Waals surface area contributed by atoms with Gasteiger partial charge in [-0.2, -0.15) is 0 Å². The third-order valence-corrected chi connectivity index (χ3v) is 3.71. The Hall–Kier alpha value is -0.920. The molecular formula is C15H30N2O4S. The SMILES string of the molecule is CCCCCCCCCCn1cc[n+](C)c1.COS(=O)(=O)[O-]. The minimum atomic E-state index is -4.41. The first kappa shape index (κ1) is 21.1. The van der Waals surface area contributed by atoms with Crippen molar-refractivity contribution in [3.63, 3.8) is 0 Å². The number of nitrogens with zero attached hydrogens (tertiary/aromatic N) is 2. The van der Waals surface area contributed by atoms with Crippen LogP contribution in [0.1, 0.15) is 58.3 Å². The van der Waals surface area contributed by atoms with Gasteiger partial charge >= 0.3 is 0 Å². The Labute approximate surface area is 135 Å². The summed E-state index contributed by atoms with van der Waals surface area (Å²) in [5.74, 6) is 0. The number of hydrogen-bond acceptors (Lipinski definition) is 4. The van der Waals surface area contributed by atoms with Crippen molar-refractivity contribution < 1.29 is 21.7 Å². The Kier molecular flexibility index (Phi) is 12.1. The first-order chi connectivity index (χ1) is 10.4. The summed E-state index contributed by atoms with van der Waals surface area (Å²) in [4.78, 5) is 0. The summed E-state index contributed by atoms with van der Waals surface area (Å²) in [7, 11) is -1.53. The number of aromatic nitrogens is 2. The van der Waals surface area contributed by atoms with Crippen LogP contribution in [0, 0.1) is 0 Å². The molecule has 0 aliphatic carbocycles. The molecule has 0 saturated heterocycles. The van der Waals surface area contributed by atoms with Gasteiger partial charge in [-0.3, -0.25) is 4.18 Å². The van der Waals surface area contributed by atoms with Crippen LogP contribution in [0.3, 0.4) is 0 Å². The molecule has 0 aliphatic heterocycles. The third-order valence-electron chi connectivity index (χ3n) is 3.30. The molecule has 130 valence electrons. The molecule has 0 N–H and O–H groups in total. The van der Waals surface area contributed by atoms with Crippen molar-refractivity contribution in [2.24, 2.45) is 7.05 Å². The lowest BCUT2D eigenvalue weighted by molar-refractivity contribution is -0.671. The lowest BCUT2D eigenvalue weighted by atomic mass is 10.1. The second-order valence-electron chi connectivity index (χ2n) is 5.37. The number of unbranched alkanes of at least 4 members (excludes halogenated alkanes) is 7. The monoisotopic (exact) mass is 334 g/mol. The predicted molar refractivity (Wildman–Crippen MR) is 84.9 cm³/mol. The van der Waals surface area contributed by atoms with Gasteiger partial charge in [0.25, 0.3) is 0 Å². The Bertz CT molecular complexity index is 472. The maximum absolute atomic E-state index is 9.22. The van der Waals surface area contributed by atoms with E-state index in [0.29, 0.717) is 0 Å². The van der Waals surface area contributed by atoms with Crippen molar-refractivity contribution in [2.75, 3.05) is 7.11 Å². The van der Waals surface area contributed by atoms with Crippen molar-refractivity contribution in [3.05, 3.63) is 18.7 Å². The van der Waals surface area contributed by atoms with E-state index < -0.39 is 10.4 Å². The van der Waals surface area contributed by atoms with Gasteiger partial charge < -0.3 is 4.55 Å². The van der Waals surface area contributed by atoms with Gasteiger partial charge in [0, 0.05) is 0 Å². The first-order valence-corrected chi connectivity index (χ1v) is 9.24. The third kappa shape index (κ3) is 14.0. The van der Waals surface area contributed by atoms with E-state index in [2.05, 4.69) is 46.0 Å². The Morgan fingerprint density at radius 1 is 1.09 bits per heavy atom. The Morgan fingerprint density at radius 3 is 2.00 bits per heavy atom. The predicted octanol–water partition coefficient (Wildman–Crippen LogP) is 2.55. The topological polar surface area (TPSA) is 75.2 Å². The molecule has 7 heteroatoms. The summed E-state index contributed by atoms with van der Waals surface area (Å²) in [6, 6.07) is 0. The zero-order valence-electron chi connectivity index (χ0n) is 14.0. The molecule has 0 radical (unpaired) electrons. The van der Waals surface area contributed by atoms with E-state index in [0.717, 1.165) is 7.11 Å². The fraction of sp³-hybridized carbons (Fsp3) is 0.800. The van der Waals surface area contributed by atoms with E-state index in [1.54, 1.807) is 0 Å². The van der Waals surface area contributed by atoms with Crippen molar-refractivity contribution >= 4 is 10.4 Å². The van der Waals surface area contributed by atoms with Crippen LogP contribution in [-0.4, -0.2) is 24.6 Å². The zero-order valence-corrected chi connectivity index (χ0v) is 14.8. The van der Waals surface area contributed by atoms with E-state index in [4.69, 9.17) is 0 Å². The maximum Gasteiger partial charge on any atom is 0.243 e. The molecule has 22 heavy (non-hydrogen) atoms. The van der Waals surface area contributed by atoms with Crippen LogP contribution in [0.5, 0.6) is 0 Å². The number of hydrogen-bond donors (Lipinski definition) is 0. The summed E-state index contributed by atoms with van der Waals surface area (Å²) in [6.45, 7) is 3.45. The van der Waals surface area contributed by atoms with Crippen LogP contribution >= 0.6 is 0 Å².